The van der Waals surface area contributed by atoms with E-state index < -0.39 is 0 Å². The van der Waals surface area contributed by atoms with Gasteiger partial charge in [-0.2, -0.15) is 0 Å². The minimum absolute atomic E-state index is 0.223. The van der Waals surface area contributed by atoms with E-state index in [2.05, 4.69) is 10.2 Å². The third kappa shape index (κ3) is 4.10. The molecule has 0 aliphatic heterocycles. The first-order valence-electron chi connectivity index (χ1n) is 6.53. The van der Waals surface area contributed by atoms with Crippen molar-refractivity contribution in [1.82, 2.24) is 10.2 Å². The molecule has 4 nitrogen and oxygen atoms in total. The van der Waals surface area contributed by atoms with Crippen LogP contribution in [0.4, 0.5) is 0 Å². The molecule has 0 atom stereocenters. The van der Waals surface area contributed by atoms with E-state index in [1.165, 1.54) is 25.7 Å². The van der Waals surface area contributed by atoms with E-state index in [-0.39, 0.29) is 5.91 Å². The topological polar surface area (TPSA) is 58.4 Å². The van der Waals surface area contributed by atoms with Gasteiger partial charge in [-0.1, -0.05) is 0 Å². The van der Waals surface area contributed by atoms with Crippen LogP contribution in [0.15, 0.2) is 0 Å². The largest absolute Gasteiger partial charge is 0.353 e. The molecule has 2 fully saturated rings. The molecule has 4 heteroatoms. The minimum atomic E-state index is 0.223. The van der Waals surface area contributed by atoms with Crippen molar-refractivity contribution in [1.29, 1.82) is 0 Å². The van der Waals surface area contributed by atoms with Gasteiger partial charge in [0.25, 0.3) is 0 Å². The summed E-state index contributed by atoms with van der Waals surface area (Å²) in [6.07, 6.45) is 6.64. The van der Waals surface area contributed by atoms with E-state index in [9.17, 15) is 4.79 Å². The molecule has 0 aromatic carbocycles. The number of amides is 1. The molecule has 3 N–H and O–H groups in total. The zero-order valence-electron chi connectivity index (χ0n) is 9.95. The highest BCUT2D eigenvalue weighted by Crippen LogP contribution is 2.27. The fourth-order valence-electron chi connectivity index (χ4n) is 1.98. The minimum Gasteiger partial charge on any atom is -0.353 e. The van der Waals surface area contributed by atoms with Crippen LogP contribution in [0.5, 0.6) is 0 Å². The van der Waals surface area contributed by atoms with Crippen molar-refractivity contribution in [2.45, 2.75) is 50.6 Å². The molecule has 2 rings (SSSR count). The third-order valence-electron chi connectivity index (χ3n) is 3.28. The summed E-state index contributed by atoms with van der Waals surface area (Å²) in [5, 5.41) is 3.03. The zero-order valence-corrected chi connectivity index (χ0v) is 9.95. The summed E-state index contributed by atoms with van der Waals surface area (Å²) in [5.74, 6) is 0.223. The van der Waals surface area contributed by atoms with Crippen molar-refractivity contribution in [3.05, 3.63) is 0 Å². The molecule has 2 aliphatic carbocycles. The Kier molecular flexibility index (Phi) is 4.18. The van der Waals surface area contributed by atoms with Crippen LogP contribution in [0.2, 0.25) is 0 Å². The van der Waals surface area contributed by atoms with Gasteiger partial charge < -0.3 is 11.1 Å². The van der Waals surface area contributed by atoms with Crippen LogP contribution < -0.4 is 11.1 Å². The van der Waals surface area contributed by atoms with E-state index in [0.29, 0.717) is 12.5 Å². The number of hydrogen-bond donors (Lipinski definition) is 2. The normalized spacial score (nSPS) is 20.1. The van der Waals surface area contributed by atoms with Crippen LogP contribution in [0.3, 0.4) is 0 Å². The summed E-state index contributed by atoms with van der Waals surface area (Å²) < 4.78 is 0. The first kappa shape index (κ1) is 11.9. The Morgan fingerprint density at radius 1 is 1.25 bits per heavy atom. The fraction of sp³-hybridized carbons (Fsp3) is 0.917. The number of carbonyl (C=O) groups is 1. The Morgan fingerprint density at radius 3 is 2.56 bits per heavy atom. The molecule has 0 bridgehead atoms. The highest BCUT2D eigenvalue weighted by atomic mass is 16.1. The second-order valence-electron chi connectivity index (χ2n) is 5.00. The number of rotatable bonds is 8. The number of nitrogens with zero attached hydrogens (tertiary/aromatic N) is 1. The molecule has 92 valence electrons. The van der Waals surface area contributed by atoms with Gasteiger partial charge in [-0.25, -0.2) is 0 Å². The van der Waals surface area contributed by atoms with Crippen LogP contribution in [-0.2, 0) is 4.79 Å². The fourth-order valence-corrected chi connectivity index (χ4v) is 1.98. The van der Waals surface area contributed by atoms with Gasteiger partial charge in [-0.3, -0.25) is 9.69 Å². The lowest BCUT2D eigenvalue weighted by Gasteiger charge is -2.21. The molecule has 2 aliphatic rings. The Labute approximate surface area is 97.6 Å². The summed E-state index contributed by atoms with van der Waals surface area (Å²) in [7, 11) is 0. The summed E-state index contributed by atoms with van der Waals surface area (Å²) in [5.41, 5.74) is 5.52. The maximum absolute atomic E-state index is 11.6. The predicted octanol–water partition coefficient (Wildman–Crippen LogP) is 0.468. The maximum atomic E-state index is 11.6. The van der Waals surface area contributed by atoms with Crippen molar-refractivity contribution < 1.29 is 4.79 Å². The molecule has 2 saturated carbocycles. The molecular weight excluding hydrogens is 202 g/mol. The number of hydrogen-bond acceptors (Lipinski definition) is 3. The Hall–Kier alpha value is -0.610. The van der Waals surface area contributed by atoms with Gasteiger partial charge in [0.2, 0.25) is 5.91 Å². The van der Waals surface area contributed by atoms with Crippen molar-refractivity contribution >= 4 is 5.91 Å². The Balaban J connectivity index is 1.62. The van der Waals surface area contributed by atoms with Gasteiger partial charge in [-0.15, -0.1) is 0 Å². The van der Waals surface area contributed by atoms with Crippen LogP contribution in [0.1, 0.15) is 38.5 Å². The van der Waals surface area contributed by atoms with Crippen molar-refractivity contribution in [2.75, 3.05) is 19.6 Å². The van der Waals surface area contributed by atoms with Crippen molar-refractivity contribution in [3.63, 3.8) is 0 Å². The van der Waals surface area contributed by atoms with Crippen LogP contribution in [-0.4, -0.2) is 42.5 Å². The zero-order chi connectivity index (χ0) is 11.4. The van der Waals surface area contributed by atoms with Gasteiger partial charge >= 0.3 is 0 Å². The average molecular weight is 225 g/mol. The lowest BCUT2D eigenvalue weighted by molar-refractivity contribution is -0.121. The third-order valence-corrected chi connectivity index (χ3v) is 3.28. The van der Waals surface area contributed by atoms with Crippen molar-refractivity contribution in [3.8, 4) is 0 Å². The Morgan fingerprint density at radius 2 is 2.00 bits per heavy atom. The molecule has 0 aromatic rings. The SMILES string of the molecule is NCCCN(CCC(=O)NC1CC1)C1CC1. The molecule has 0 unspecified atom stereocenters. The van der Waals surface area contributed by atoms with E-state index in [0.717, 1.165) is 32.1 Å². The molecule has 1 amide bonds. The second kappa shape index (κ2) is 5.64. The molecule has 0 aromatic heterocycles. The standard InChI is InChI=1S/C12H23N3O/c13-7-1-8-15(11-4-5-11)9-6-12(16)14-10-2-3-10/h10-11H,1-9,13H2,(H,14,16). The van der Waals surface area contributed by atoms with E-state index >= 15 is 0 Å². The first-order chi connectivity index (χ1) is 7.79. The number of nitrogens with two attached hydrogens (primary N) is 1. The summed E-state index contributed by atoms with van der Waals surface area (Å²) >= 11 is 0. The summed E-state index contributed by atoms with van der Waals surface area (Å²) in [6, 6.07) is 1.23. The molecule has 16 heavy (non-hydrogen) atoms. The lowest BCUT2D eigenvalue weighted by atomic mass is 10.3. The lowest BCUT2D eigenvalue weighted by Crippen LogP contribution is -2.34. The maximum Gasteiger partial charge on any atom is 0.221 e. The molecule has 0 radical (unpaired) electrons. The van der Waals surface area contributed by atoms with Crippen LogP contribution in [0.25, 0.3) is 0 Å². The predicted molar refractivity (Wildman–Crippen MR) is 64.0 cm³/mol. The monoisotopic (exact) mass is 225 g/mol. The Bertz CT molecular complexity index is 236. The van der Waals surface area contributed by atoms with E-state index in [4.69, 9.17) is 5.73 Å². The highest BCUT2D eigenvalue weighted by Gasteiger charge is 2.29. The van der Waals surface area contributed by atoms with Gasteiger partial charge in [0.1, 0.15) is 0 Å². The number of nitrogens with one attached hydrogen (secondary N) is 1. The summed E-state index contributed by atoms with van der Waals surface area (Å²) in [4.78, 5) is 14.0. The summed E-state index contributed by atoms with van der Waals surface area (Å²) in [6.45, 7) is 2.71. The molecule has 0 saturated heterocycles. The average Bonchev–Trinajstić information content (AvgIpc) is 3.11. The first-order valence-corrected chi connectivity index (χ1v) is 6.53. The van der Waals surface area contributed by atoms with E-state index in [1.54, 1.807) is 0 Å². The number of carbonyl (C=O) groups excluding carboxylic acids is 1. The quantitative estimate of drug-likeness (QED) is 0.631. The van der Waals surface area contributed by atoms with Gasteiger partial charge in [0.15, 0.2) is 0 Å². The van der Waals surface area contributed by atoms with Crippen LogP contribution in [0, 0.1) is 0 Å². The second-order valence-corrected chi connectivity index (χ2v) is 5.00. The van der Waals surface area contributed by atoms with Gasteiger partial charge in [0.05, 0.1) is 0 Å². The van der Waals surface area contributed by atoms with Gasteiger partial charge in [-0.05, 0) is 45.2 Å². The van der Waals surface area contributed by atoms with Crippen molar-refractivity contribution in [2.24, 2.45) is 5.73 Å². The van der Waals surface area contributed by atoms with E-state index in [1.807, 2.05) is 0 Å². The smallest absolute Gasteiger partial charge is 0.221 e. The van der Waals surface area contributed by atoms with Crippen LogP contribution >= 0.6 is 0 Å². The molecule has 0 spiro atoms. The molecular formula is C12H23N3O. The highest BCUT2D eigenvalue weighted by molar-refractivity contribution is 5.76. The molecule has 0 heterocycles. The van der Waals surface area contributed by atoms with Gasteiger partial charge in [0, 0.05) is 25.0 Å².